The summed E-state index contributed by atoms with van der Waals surface area (Å²) in [4.78, 5) is 6.39. The standard InChI is InChI=1S/C25H29FN4O2/c1-16-14-30(15-17(2)31-16)24(27)28-23-13-22(29-32-23)25(3,4)19-10-11-20(21(26)12-19)18-8-6-5-7-9-18/h5-13,16-17H,14-15H2,1-4H3,(H2,27,28). The average Bonchev–Trinajstić information content (AvgIpc) is 3.23. The molecule has 4 rings (SSSR count). The zero-order valence-corrected chi connectivity index (χ0v) is 18.9. The molecule has 0 radical (unpaired) electrons. The van der Waals surface area contributed by atoms with Crippen LogP contribution in [-0.4, -0.2) is 41.3 Å². The summed E-state index contributed by atoms with van der Waals surface area (Å²) in [5.41, 5.74) is 8.49. The van der Waals surface area contributed by atoms with Gasteiger partial charge in [0.05, 0.1) is 17.9 Å². The predicted molar refractivity (Wildman–Crippen MR) is 123 cm³/mol. The summed E-state index contributed by atoms with van der Waals surface area (Å²) in [6, 6.07) is 16.5. The number of morpholine rings is 1. The minimum absolute atomic E-state index is 0.0745. The van der Waals surface area contributed by atoms with E-state index in [2.05, 4.69) is 10.1 Å². The number of aliphatic imine (C=N–C) groups is 1. The van der Waals surface area contributed by atoms with Gasteiger partial charge in [-0.15, -0.1) is 0 Å². The zero-order chi connectivity index (χ0) is 22.9. The van der Waals surface area contributed by atoms with E-state index in [0.717, 1.165) is 11.1 Å². The zero-order valence-electron chi connectivity index (χ0n) is 18.9. The molecular formula is C25H29FN4O2. The highest BCUT2D eigenvalue weighted by Crippen LogP contribution is 2.35. The Hall–Kier alpha value is -3.19. The van der Waals surface area contributed by atoms with Crippen LogP contribution in [0.1, 0.15) is 39.0 Å². The molecule has 168 valence electrons. The molecule has 1 aliphatic rings. The Morgan fingerprint density at radius 1 is 1.09 bits per heavy atom. The van der Waals surface area contributed by atoms with Crippen LogP contribution in [0.15, 0.2) is 64.1 Å². The lowest BCUT2D eigenvalue weighted by Gasteiger charge is -2.35. The lowest BCUT2D eigenvalue weighted by Crippen LogP contribution is -2.50. The predicted octanol–water partition coefficient (Wildman–Crippen LogP) is 4.86. The van der Waals surface area contributed by atoms with Crippen molar-refractivity contribution in [1.82, 2.24) is 10.1 Å². The number of nitrogens with zero attached hydrogens (tertiary/aromatic N) is 3. The summed E-state index contributed by atoms with van der Waals surface area (Å²) in [6.45, 7) is 9.30. The average molecular weight is 437 g/mol. The van der Waals surface area contributed by atoms with Crippen LogP contribution in [0.2, 0.25) is 0 Å². The lowest BCUT2D eigenvalue weighted by atomic mass is 9.81. The molecule has 1 fully saturated rings. The number of guanidine groups is 1. The van der Waals surface area contributed by atoms with Gasteiger partial charge in [0.1, 0.15) is 5.82 Å². The summed E-state index contributed by atoms with van der Waals surface area (Å²) in [5, 5.41) is 4.20. The summed E-state index contributed by atoms with van der Waals surface area (Å²) < 4.78 is 26.1. The van der Waals surface area contributed by atoms with Crippen molar-refractivity contribution in [2.75, 3.05) is 13.1 Å². The summed E-state index contributed by atoms with van der Waals surface area (Å²) in [5.74, 6) is 0.410. The first-order chi connectivity index (χ1) is 15.2. The van der Waals surface area contributed by atoms with Crippen LogP contribution in [0.4, 0.5) is 10.3 Å². The minimum atomic E-state index is -0.579. The van der Waals surface area contributed by atoms with E-state index in [1.54, 1.807) is 18.2 Å². The van der Waals surface area contributed by atoms with Gasteiger partial charge in [0.2, 0.25) is 0 Å². The first-order valence-corrected chi connectivity index (χ1v) is 10.8. The van der Waals surface area contributed by atoms with Gasteiger partial charge in [-0.05, 0) is 31.0 Å². The van der Waals surface area contributed by atoms with Crippen molar-refractivity contribution in [3.8, 4) is 11.1 Å². The fourth-order valence-electron chi connectivity index (χ4n) is 4.06. The molecule has 0 saturated carbocycles. The smallest absolute Gasteiger partial charge is 0.253 e. The molecule has 2 atom stereocenters. The second-order valence-electron chi connectivity index (χ2n) is 8.87. The molecule has 2 N–H and O–H groups in total. The van der Waals surface area contributed by atoms with Gasteiger partial charge in [-0.1, -0.05) is 61.5 Å². The highest BCUT2D eigenvalue weighted by atomic mass is 19.1. The van der Waals surface area contributed by atoms with Gasteiger partial charge in [0.15, 0.2) is 5.96 Å². The van der Waals surface area contributed by atoms with Crippen molar-refractivity contribution in [2.24, 2.45) is 10.7 Å². The van der Waals surface area contributed by atoms with E-state index < -0.39 is 5.41 Å². The Morgan fingerprint density at radius 2 is 1.78 bits per heavy atom. The van der Waals surface area contributed by atoms with Crippen LogP contribution in [0.5, 0.6) is 0 Å². The molecule has 0 amide bonds. The highest BCUT2D eigenvalue weighted by Gasteiger charge is 2.29. The maximum Gasteiger partial charge on any atom is 0.253 e. The molecule has 2 heterocycles. The molecule has 7 heteroatoms. The third-order valence-electron chi connectivity index (χ3n) is 5.88. The molecule has 2 unspecified atom stereocenters. The molecule has 1 saturated heterocycles. The van der Waals surface area contributed by atoms with E-state index in [-0.39, 0.29) is 18.0 Å². The number of ether oxygens (including phenoxy) is 1. The molecule has 0 spiro atoms. The molecule has 3 aromatic rings. The van der Waals surface area contributed by atoms with Gasteiger partial charge in [0, 0.05) is 30.1 Å². The number of halogens is 1. The van der Waals surface area contributed by atoms with Crippen molar-refractivity contribution in [3.63, 3.8) is 0 Å². The fourth-order valence-corrected chi connectivity index (χ4v) is 4.06. The molecule has 0 aliphatic carbocycles. The van der Waals surface area contributed by atoms with Gasteiger partial charge in [-0.2, -0.15) is 4.99 Å². The summed E-state index contributed by atoms with van der Waals surface area (Å²) in [7, 11) is 0. The van der Waals surface area contributed by atoms with Crippen molar-refractivity contribution in [1.29, 1.82) is 0 Å². The van der Waals surface area contributed by atoms with Crippen LogP contribution >= 0.6 is 0 Å². The highest BCUT2D eigenvalue weighted by molar-refractivity contribution is 5.80. The van der Waals surface area contributed by atoms with E-state index in [1.165, 1.54) is 0 Å². The van der Waals surface area contributed by atoms with Crippen molar-refractivity contribution in [2.45, 2.75) is 45.3 Å². The molecule has 1 aliphatic heterocycles. The van der Waals surface area contributed by atoms with Gasteiger partial charge in [0.25, 0.3) is 5.88 Å². The van der Waals surface area contributed by atoms with Gasteiger partial charge in [-0.3, -0.25) is 0 Å². The molecular weight excluding hydrogens is 407 g/mol. The maximum atomic E-state index is 14.9. The van der Waals surface area contributed by atoms with Crippen LogP contribution in [0.3, 0.4) is 0 Å². The van der Waals surface area contributed by atoms with Crippen molar-refractivity contribution < 1.29 is 13.7 Å². The number of hydrogen-bond donors (Lipinski definition) is 1. The number of nitrogens with two attached hydrogens (primary N) is 1. The molecule has 2 aromatic carbocycles. The monoisotopic (exact) mass is 436 g/mol. The SMILES string of the molecule is CC1CN(/C(N)=N/c2cc(C(C)(C)c3ccc(-c4ccccc4)c(F)c3)no2)CC(C)O1. The Kier molecular flexibility index (Phi) is 6.02. The quantitative estimate of drug-likeness (QED) is 0.467. The topological polar surface area (TPSA) is 76.9 Å². The lowest BCUT2D eigenvalue weighted by molar-refractivity contribution is -0.0483. The van der Waals surface area contributed by atoms with Gasteiger partial charge in [-0.25, -0.2) is 4.39 Å². The van der Waals surface area contributed by atoms with Crippen molar-refractivity contribution >= 4 is 11.8 Å². The number of hydrogen-bond acceptors (Lipinski definition) is 4. The van der Waals surface area contributed by atoms with Crippen LogP contribution in [0, 0.1) is 5.82 Å². The van der Waals surface area contributed by atoms with Gasteiger partial charge >= 0.3 is 0 Å². The Labute approximate surface area is 187 Å². The molecule has 6 nitrogen and oxygen atoms in total. The van der Waals surface area contributed by atoms with Gasteiger partial charge < -0.3 is 19.9 Å². The molecule has 0 bridgehead atoms. The van der Waals surface area contributed by atoms with Crippen LogP contribution < -0.4 is 5.73 Å². The first kappa shape index (κ1) is 22.0. The second-order valence-corrected chi connectivity index (χ2v) is 8.87. The largest absolute Gasteiger partial charge is 0.372 e. The first-order valence-electron chi connectivity index (χ1n) is 10.8. The Bertz CT molecular complexity index is 1100. The molecule has 1 aromatic heterocycles. The van der Waals surface area contributed by atoms with Crippen LogP contribution in [-0.2, 0) is 10.2 Å². The van der Waals surface area contributed by atoms with Crippen molar-refractivity contribution in [3.05, 3.63) is 71.7 Å². The number of rotatable bonds is 4. The second kappa shape index (κ2) is 8.74. The Balaban J connectivity index is 1.56. The summed E-state index contributed by atoms with van der Waals surface area (Å²) >= 11 is 0. The third-order valence-corrected chi connectivity index (χ3v) is 5.88. The van der Waals surface area contributed by atoms with E-state index in [0.29, 0.717) is 36.2 Å². The maximum absolute atomic E-state index is 14.9. The molecule has 32 heavy (non-hydrogen) atoms. The fraction of sp³-hybridized carbons (Fsp3) is 0.360. The third kappa shape index (κ3) is 4.53. The normalized spacial score (nSPS) is 19.9. The minimum Gasteiger partial charge on any atom is -0.372 e. The van der Waals surface area contributed by atoms with E-state index >= 15 is 0 Å². The van der Waals surface area contributed by atoms with E-state index in [4.69, 9.17) is 15.0 Å². The number of benzene rings is 2. The Morgan fingerprint density at radius 3 is 2.44 bits per heavy atom. The van der Waals surface area contributed by atoms with E-state index in [9.17, 15) is 4.39 Å². The van der Waals surface area contributed by atoms with Crippen LogP contribution in [0.25, 0.3) is 11.1 Å². The number of aromatic nitrogens is 1. The van der Waals surface area contributed by atoms with E-state index in [1.807, 2.05) is 69.0 Å². The summed E-state index contributed by atoms with van der Waals surface area (Å²) in [6.07, 6.45) is 0.149.